The smallest absolute Gasteiger partial charge is 0.390 e. The Kier molecular flexibility index (Phi) is 9.67. The van der Waals surface area contributed by atoms with Crippen molar-refractivity contribution < 1.29 is 66.9 Å². The van der Waals surface area contributed by atoms with E-state index in [2.05, 4.69) is 0 Å². The molecule has 0 heterocycles. The van der Waals surface area contributed by atoms with E-state index in [1.807, 2.05) is 0 Å². The van der Waals surface area contributed by atoms with Crippen LogP contribution in [0.1, 0.15) is 92.9 Å². The molecule has 8 aliphatic rings. The van der Waals surface area contributed by atoms with E-state index >= 15 is 8.78 Å². The lowest BCUT2D eigenvalue weighted by molar-refractivity contribution is -0.246. The number of ketones is 4. The molecule has 0 aromatic rings. The number of aliphatic hydroxyl groups is 4. The summed E-state index contributed by atoms with van der Waals surface area (Å²) in [5.74, 6) is -6.79. The van der Waals surface area contributed by atoms with E-state index in [-0.39, 0.29) is 43.7 Å². The fraction of sp³-hybridized carbons (Fsp3) is 0.727. The number of aliphatic hydroxyl groups excluding tert-OH is 2. The first-order chi connectivity index (χ1) is 27.2. The summed E-state index contributed by atoms with van der Waals surface area (Å²) >= 11 is 0. The fourth-order valence-corrected chi connectivity index (χ4v) is 15.3. The fourth-order valence-electron chi connectivity index (χ4n) is 14.7. The second kappa shape index (κ2) is 13.2. The van der Waals surface area contributed by atoms with Crippen LogP contribution >= 0.6 is 7.82 Å². The third-order valence-corrected chi connectivity index (χ3v) is 19.0. The van der Waals surface area contributed by atoms with Crippen LogP contribution in [0.5, 0.6) is 0 Å². The summed E-state index contributed by atoms with van der Waals surface area (Å²) in [5.41, 5.74) is -14.0. The van der Waals surface area contributed by atoms with Crippen molar-refractivity contribution in [3.05, 3.63) is 47.6 Å². The largest absolute Gasteiger partial charge is 0.473 e. The van der Waals surface area contributed by atoms with Gasteiger partial charge in [0, 0.05) is 27.6 Å². The maximum Gasteiger partial charge on any atom is 0.473 e. The standard InChI is InChI=1S/C44H57F2O12P/c1-23-15-28-17-27-8-7-25-18-29(47)11-13-37(25,3)41(27,45)36(52)40(28,6)44(23,54)35(51)22-58-59(55,56)57-21-34(50)43(53)24(2)16-32-31-10-9-26-19-30(48)12-14-38(26,4)42(31,46)33(49)20-39(32,43)5/h11-14,18-19,23-24,27-28,31-33,36,49,52-54H,7-10,15-17,20-22H2,1-6H3,(H,55,56)/t23-,24+,27-,28-,31-,32-,33-,36+,37-,38-,39-,40+,41-,42-,43-,44-/m0/s1. The molecule has 0 bridgehead atoms. The second-order valence-corrected chi connectivity index (χ2v) is 21.6. The number of allylic oxidation sites excluding steroid dienone is 8. The highest BCUT2D eigenvalue weighted by atomic mass is 31.2. The van der Waals surface area contributed by atoms with Crippen molar-refractivity contribution in [1.29, 1.82) is 0 Å². The number of hydrogen-bond donors (Lipinski definition) is 5. The monoisotopic (exact) mass is 846 g/mol. The molecule has 0 radical (unpaired) electrons. The van der Waals surface area contributed by atoms with Gasteiger partial charge in [0.05, 0.1) is 12.2 Å². The van der Waals surface area contributed by atoms with Crippen molar-refractivity contribution in [2.75, 3.05) is 13.2 Å². The molecule has 17 atom stereocenters. The molecule has 0 saturated heterocycles. The summed E-state index contributed by atoms with van der Waals surface area (Å²) in [7, 11) is -5.26. The van der Waals surface area contributed by atoms with Gasteiger partial charge in [0.2, 0.25) is 0 Å². The van der Waals surface area contributed by atoms with E-state index in [1.54, 1.807) is 34.6 Å². The minimum absolute atomic E-state index is 0.204. The zero-order chi connectivity index (χ0) is 43.3. The Morgan fingerprint density at radius 3 is 1.85 bits per heavy atom. The molecule has 12 nitrogen and oxygen atoms in total. The third-order valence-electron chi connectivity index (χ3n) is 18.1. The van der Waals surface area contributed by atoms with Gasteiger partial charge in [0.1, 0.15) is 24.4 Å². The van der Waals surface area contributed by atoms with Crippen LogP contribution in [-0.2, 0) is 32.8 Å². The quantitative estimate of drug-likeness (QED) is 0.206. The first-order valence-electron chi connectivity index (χ1n) is 21.0. The summed E-state index contributed by atoms with van der Waals surface area (Å²) in [6.45, 7) is 7.20. The number of hydrogen-bond acceptors (Lipinski definition) is 11. The van der Waals surface area contributed by atoms with Crippen LogP contribution in [0.25, 0.3) is 0 Å². The van der Waals surface area contributed by atoms with Crippen LogP contribution < -0.4 is 0 Å². The van der Waals surface area contributed by atoms with Gasteiger partial charge in [-0.05, 0) is 119 Å². The van der Waals surface area contributed by atoms with Gasteiger partial charge in [0.25, 0.3) is 0 Å². The van der Waals surface area contributed by atoms with E-state index in [9.17, 15) is 49.1 Å². The Labute approximate surface area is 342 Å². The van der Waals surface area contributed by atoms with Gasteiger partial charge in [-0.25, -0.2) is 13.3 Å². The number of Topliss-reactive ketones (excluding diaryl/α,β-unsaturated/α-hetero) is 2. The van der Waals surface area contributed by atoms with Crippen molar-refractivity contribution >= 4 is 31.0 Å². The predicted molar refractivity (Wildman–Crippen MR) is 207 cm³/mol. The molecule has 6 saturated carbocycles. The lowest BCUT2D eigenvalue weighted by atomic mass is 9.44. The molecule has 0 spiro atoms. The van der Waals surface area contributed by atoms with E-state index < -0.39 is 125 Å². The van der Waals surface area contributed by atoms with Crippen LogP contribution in [0.4, 0.5) is 8.78 Å². The number of phosphoric acid groups is 1. The Morgan fingerprint density at radius 2 is 1.27 bits per heavy atom. The molecule has 6 fully saturated rings. The van der Waals surface area contributed by atoms with Crippen molar-refractivity contribution in [3.63, 3.8) is 0 Å². The maximum absolute atomic E-state index is 17.8. The van der Waals surface area contributed by atoms with Gasteiger partial charge in [-0.1, -0.05) is 51.0 Å². The lowest BCUT2D eigenvalue weighted by Gasteiger charge is -2.63. The molecule has 0 aliphatic heterocycles. The van der Waals surface area contributed by atoms with Gasteiger partial charge < -0.3 is 25.3 Å². The van der Waals surface area contributed by atoms with Crippen LogP contribution in [0.15, 0.2) is 47.6 Å². The molecule has 8 aliphatic carbocycles. The summed E-state index contributed by atoms with van der Waals surface area (Å²) in [6.07, 6.45) is 6.64. The minimum Gasteiger partial charge on any atom is -0.390 e. The Bertz CT molecular complexity index is 2080. The van der Waals surface area contributed by atoms with Gasteiger partial charge >= 0.3 is 7.82 Å². The van der Waals surface area contributed by atoms with Gasteiger partial charge in [-0.2, -0.15) is 0 Å². The molecule has 0 amide bonds. The molecule has 0 aromatic heterocycles. The average Bonchev–Trinajstić information content (AvgIpc) is 3.50. The first kappa shape index (κ1) is 43.1. The number of phosphoric ester groups is 1. The molecule has 5 N–H and O–H groups in total. The highest BCUT2D eigenvalue weighted by Crippen LogP contribution is 2.72. The summed E-state index contributed by atoms with van der Waals surface area (Å²) in [6, 6.07) is 0. The average molecular weight is 847 g/mol. The molecule has 324 valence electrons. The number of halogens is 2. The van der Waals surface area contributed by atoms with E-state index in [1.165, 1.54) is 43.4 Å². The Balaban J connectivity index is 0.976. The Hall–Kier alpha value is -2.55. The van der Waals surface area contributed by atoms with Gasteiger partial charge in [-0.3, -0.25) is 28.2 Å². The van der Waals surface area contributed by atoms with E-state index in [0.29, 0.717) is 30.4 Å². The Morgan fingerprint density at radius 1 is 0.763 bits per heavy atom. The molecule has 15 heteroatoms. The number of alkyl halides is 2. The number of rotatable bonds is 8. The predicted octanol–water partition coefficient (Wildman–Crippen LogP) is 4.95. The van der Waals surface area contributed by atoms with Crippen molar-refractivity contribution in [1.82, 2.24) is 0 Å². The highest BCUT2D eigenvalue weighted by Gasteiger charge is 2.78. The summed E-state index contributed by atoms with van der Waals surface area (Å²) < 4.78 is 58.9. The SMILES string of the molecule is C[C@@H]1C[C@H]2[C@@H]3CCC4=CC(=O)C=C[C@]4(C)[C@@]3(F)[C@@H](O)C[C@]2(C)[C@@]1(O)C(=O)COP(=O)(O)OCC(=O)[C@@]1(O)[C@@H](C)C[C@H]2C[C@@H]3CCC4=CC(=O)C=C[C@]4(C)[C@@]3(F)[C@H](O)[C@@]21C. The van der Waals surface area contributed by atoms with Crippen molar-refractivity contribution in [2.24, 2.45) is 57.2 Å². The van der Waals surface area contributed by atoms with Gasteiger partial charge in [-0.15, -0.1) is 0 Å². The van der Waals surface area contributed by atoms with Crippen molar-refractivity contribution in [2.45, 2.75) is 128 Å². The number of fused-ring (bicyclic) bond motifs is 9. The van der Waals surface area contributed by atoms with Gasteiger partial charge in [0.15, 0.2) is 34.5 Å². The second-order valence-electron chi connectivity index (χ2n) is 20.2. The number of carbonyl (C=O) groups excluding carboxylic acids is 4. The zero-order valence-corrected chi connectivity index (χ0v) is 35.3. The topological polar surface area (TPSA) is 205 Å². The molecule has 0 aromatic carbocycles. The van der Waals surface area contributed by atoms with Crippen LogP contribution in [-0.4, -0.2) is 96.4 Å². The maximum atomic E-state index is 17.8. The summed E-state index contributed by atoms with van der Waals surface area (Å²) in [4.78, 5) is 63.3. The summed E-state index contributed by atoms with van der Waals surface area (Å²) in [5, 5.41) is 48.4. The van der Waals surface area contributed by atoms with Crippen molar-refractivity contribution in [3.8, 4) is 0 Å². The van der Waals surface area contributed by atoms with Crippen LogP contribution in [0.3, 0.4) is 0 Å². The molecular formula is C44H57F2O12P. The first-order valence-corrected chi connectivity index (χ1v) is 22.5. The van der Waals surface area contributed by atoms with Crippen LogP contribution in [0, 0.1) is 57.2 Å². The van der Waals surface area contributed by atoms with E-state index in [4.69, 9.17) is 9.05 Å². The molecule has 8 rings (SSSR count). The normalized spacial score (nSPS) is 51.9. The molecule has 1 unspecified atom stereocenters. The van der Waals surface area contributed by atoms with Crippen LogP contribution in [0.2, 0.25) is 0 Å². The minimum atomic E-state index is -5.26. The lowest BCUT2D eigenvalue weighted by Crippen LogP contribution is -2.73. The molecular weight excluding hydrogens is 789 g/mol. The third kappa shape index (κ3) is 5.21. The highest BCUT2D eigenvalue weighted by molar-refractivity contribution is 7.47. The number of carbonyl (C=O) groups is 4. The van der Waals surface area contributed by atoms with E-state index in [0.717, 1.165) is 0 Å². The molecule has 59 heavy (non-hydrogen) atoms. The zero-order valence-electron chi connectivity index (χ0n) is 34.5.